The van der Waals surface area contributed by atoms with Crippen molar-refractivity contribution < 1.29 is 4.74 Å². The largest absolute Gasteiger partial charge is 0.496 e. The van der Waals surface area contributed by atoms with Gasteiger partial charge in [0.05, 0.1) is 7.11 Å². The number of benzene rings is 2. The van der Waals surface area contributed by atoms with Crippen LogP contribution in [0.1, 0.15) is 18.1 Å². The van der Waals surface area contributed by atoms with Gasteiger partial charge in [0.15, 0.2) is 5.96 Å². The monoisotopic (exact) mass is 492 g/mol. The topological polar surface area (TPSA) is 61.4 Å². The number of para-hydroxylation sites is 2. The number of hydrogen-bond donors (Lipinski definition) is 3. The van der Waals surface area contributed by atoms with Crippen molar-refractivity contribution in [3.8, 4) is 5.75 Å². The Labute approximate surface area is 184 Å². The lowest BCUT2D eigenvalue weighted by Gasteiger charge is -2.11. The van der Waals surface area contributed by atoms with Gasteiger partial charge in [-0.05, 0) is 43.0 Å². The number of methoxy groups -OCH3 is 1. The number of H-pyrrole nitrogens is 1. The van der Waals surface area contributed by atoms with Crippen LogP contribution in [0.25, 0.3) is 10.9 Å². The van der Waals surface area contributed by atoms with Gasteiger partial charge < -0.3 is 20.4 Å². The Kier molecular flexibility index (Phi) is 9.13. The third-order valence-corrected chi connectivity index (χ3v) is 4.55. The highest BCUT2D eigenvalue weighted by molar-refractivity contribution is 14.0. The molecule has 0 aliphatic heterocycles. The molecule has 0 spiro atoms. The average Bonchev–Trinajstić information content (AvgIpc) is 3.11. The summed E-state index contributed by atoms with van der Waals surface area (Å²) in [6.45, 7) is 4.47. The Balaban J connectivity index is 0.00000280. The zero-order valence-corrected chi connectivity index (χ0v) is 18.8. The van der Waals surface area contributed by atoms with E-state index in [0.717, 1.165) is 37.6 Å². The first-order valence-corrected chi connectivity index (χ1v) is 9.51. The minimum absolute atomic E-state index is 0. The van der Waals surface area contributed by atoms with E-state index < -0.39 is 0 Å². The Morgan fingerprint density at radius 1 is 1.00 bits per heavy atom. The summed E-state index contributed by atoms with van der Waals surface area (Å²) in [6.07, 6.45) is 3.89. The predicted molar refractivity (Wildman–Crippen MR) is 128 cm³/mol. The number of hydrogen-bond acceptors (Lipinski definition) is 2. The lowest BCUT2D eigenvalue weighted by Crippen LogP contribution is -2.38. The highest BCUT2D eigenvalue weighted by Gasteiger charge is 2.04. The van der Waals surface area contributed by atoms with Crippen molar-refractivity contribution in [3.05, 3.63) is 65.9 Å². The number of ether oxygens (including phenoxy) is 1. The van der Waals surface area contributed by atoms with Crippen LogP contribution in [0.3, 0.4) is 0 Å². The van der Waals surface area contributed by atoms with Crippen LogP contribution in [0.15, 0.2) is 59.7 Å². The van der Waals surface area contributed by atoms with Gasteiger partial charge in [-0.25, -0.2) is 0 Å². The number of nitrogens with zero attached hydrogens (tertiary/aromatic N) is 1. The molecule has 3 N–H and O–H groups in total. The molecule has 0 fully saturated rings. The van der Waals surface area contributed by atoms with Gasteiger partial charge >= 0.3 is 0 Å². The second-order valence-corrected chi connectivity index (χ2v) is 6.36. The van der Waals surface area contributed by atoms with Gasteiger partial charge in [0.1, 0.15) is 5.75 Å². The highest BCUT2D eigenvalue weighted by atomic mass is 127. The summed E-state index contributed by atoms with van der Waals surface area (Å²) in [6, 6.07) is 16.5. The summed E-state index contributed by atoms with van der Waals surface area (Å²) in [4.78, 5) is 8.03. The lowest BCUT2D eigenvalue weighted by atomic mass is 10.1. The van der Waals surface area contributed by atoms with Crippen molar-refractivity contribution in [1.29, 1.82) is 0 Å². The van der Waals surface area contributed by atoms with E-state index in [1.807, 2.05) is 18.2 Å². The van der Waals surface area contributed by atoms with Crippen molar-refractivity contribution in [2.75, 3.05) is 26.7 Å². The Hall–Kier alpha value is -2.22. The smallest absolute Gasteiger partial charge is 0.191 e. The molecule has 3 rings (SSSR count). The molecule has 5 nitrogen and oxygen atoms in total. The molecular formula is C22H29IN4O. The van der Waals surface area contributed by atoms with Crippen molar-refractivity contribution in [3.63, 3.8) is 0 Å². The fourth-order valence-electron chi connectivity index (χ4n) is 3.19. The molecular weight excluding hydrogens is 463 g/mol. The molecule has 1 aromatic heterocycles. The first-order chi connectivity index (χ1) is 13.3. The Morgan fingerprint density at radius 3 is 2.61 bits per heavy atom. The number of halogens is 1. The maximum Gasteiger partial charge on any atom is 0.191 e. The summed E-state index contributed by atoms with van der Waals surface area (Å²) < 4.78 is 5.41. The van der Waals surface area contributed by atoms with Crippen LogP contribution in [-0.2, 0) is 12.8 Å². The molecule has 1 heterocycles. The predicted octanol–water partition coefficient (Wildman–Crippen LogP) is 4.13. The van der Waals surface area contributed by atoms with Gasteiger partial charge in [-0.3, -0.25) is 4.99 Å². The number of nitrogens with one attached hydrogen (secondary N) is 3. The van der Waals surface area contributed by atoms with E-state index in [2.05, 4.69) is 59.1 Å². The molecule has 150 valence electrons. The molecule has 3 aromatic rings. The van der Waals surface area contributed by atoms with Crippen LogP contribution in [0.2, 0.25) is 0 Å². The van der Waals surface area contributed by atoms with Crippen molar-refractivity contribution in [1.82, 2.24) is 15.6 Å². The summed E-state index contributed by atoms with van der Waals surface area (Å²) in [5.41, 5.74) is 3.69. The van der Waals surface area contributed by atoms with Gasteiger partial charge in [0.25, 0.3) is 0 Å². The number of rotatable bonds is 8. The van der Waals surface area contributed by atoms with Crippen LogP contribution < -0.4 is 15.4 Å². The molecule has 2 aromatic carbocycles. The molecule has 0 radical (unpaired) electrons. The molecule has 28 heavy (non-hydrogen) atoms. The van der Waals surface area contributed by atoms with Gasteiger partial charge in [-0.2, -0.15) is 0 Å². The number of aliphatic imine (C=N–C) groups is 1. The molecule has 0 saturated carbocycles. The van der Waals surface area contributed by atoms with Crippen molar-refractivity contribution in [2.24, 2.45) is 4.99 Å². The van der Waals surface area contributed by atoms with E-state index in [1.165, 1.54) is 22.0 Å². The van der Waals surface area contributed by atoms with Crippen LogP contribution in [0, 0.1) is 0 Å². The first kappa shape index (κ1) is 22.1. The van der Waals surface area contributed by atoms with Crippen molar-refractivity contribution in [2.45, 2.75) is 19.8 Å². The van der Waals surface area contributed by atoms with Gasteiger partial charge in [-0.1, -0.05) is 36.4 Å². The molecule has 0 saturated heterocycles. The zero-order valence-electron chi connectivity index (χ0n) is 16.5. The maximum absolute atomic E-state index is 5.41. The van der Waals surface area contributed by atoms with Crippen LogP contribution in [0.4, 0.5) is 0 Å². The standard InChI is InChI=1S/C22H28N4O.HI/c1-3-23-22(24-14-12-17-8-4-7-11-21(17)27-2)25-15-13-18-16-26-20-10-6-5-9-19(18)20;/h4-11,16,26H,3,12-15H2,1-2H3,(H2,23,24,25);1H. The molecule has 0 aliphatic rings. The molecule has 0 unspecified atom stereocenters. The van der Waals surface area contributed by atoms with E-state index in [9.17, 15) is 0 Å². The Bertz CT molecular complexity index is 891. The molecule has 0 bridgehead atoms. The first-order valence-electron chi connectivity index (χ1n) is 9.51. The van der Waals surface area contributed by atoms with E-state index in [-0.39, 0.29) is 24.0 Å². The van der Waals surface area contributed by atoms with Crippen molar-refractivity contribution >= 4 is 40.8 Å². The normalized spacial score (nSPS) is 11.1. The van der Waals surface area contributed by atoms with E-state index in [4.69, 9.17) is 9.73 Å². The SMILES string of the molecule is CCNC(=NCCc1ccccc1OC)NCCc1c[nH]c2ccccc12.I. The number of aromatic amines is 1. The van der Waals surface area contributed by atoms with E-state index in [0.29, 0.717) is 6.54 Å². The second kappa shape index (κ2) is 11.6. The molecule has 0 amide bonds. The van der Waals surface area contributed by atoms with Crippen LogP contribution in [-0.4, -0.2) is 37.7 Å². The van der Waals surface area contributed by atoms with Gasteiger partial charge in [0, 0.05) is 36.7 Å². The fourth-order valence-corrected chi connectivity index (χ4v) is 3.19. The van der Waals surface area contributed by atoms with Crippen LogP contribution >= 0.6 is 24.0 Å². The lowest BCUT2D eigenvalue weighted by molar-refractivity contribution is 0.410. The zero-order chi connectivity index (χ0) is 18.9. The highest BCUT2D eigenvalue weighted by Crippen LogP contribution is 2.18. The number of aromatic nitrogens is 1. The number of guanidine groups is 1. The summed E-state index contributed by atoms with van der Waals surface area (Å²) in [5.74, 6) is 1.78. The van der Waals surface area contributed by atoms with E-state index in [1.54, 1.807) is 7.11 Å². The van der Waals surface area contributed by atoms with Gasteiger partial charge in [0.2, 0.25) is 0 Å². The number of fused-ring (bicyclic) bond motifs is 1. The summed E-state index contributed by atoms with van der Waals surface area (Å²) >= 11 is 0. The average molecular weight is 492 g/mol. The van der Waals surface area contributed by atoms with E-state index >= 15 is 0 Å². The summed E-state index contributed by atoms with van der Waals surface area (Å²) in [7, 11) is 1.71. The van der Waals surface area contributed by atoms with Gasteiger partial charge in [-0.15, -0.1) is 24.0 Å². The summed E-state index contributed by atoms with van der Waals surface area (Å²) in [5, 5.41) is 8.04. The minimum Gasteiger partial charge on any atom is -0.496 e. The molecule has 6 heteroatoms. The minimum atomic E-state index is 0. The molecule has 0 atom stereocenters. The second-order valence-electron chi connectivity index (χ2n) is 6.36. The maximum atomic E-state index is 5.41. The molecule has 0 aliphatic carbocycles. The quantitative estimate of drug-likeness (QED) is 0.252. The van der Waals surface area contributed by atoms with Crippen LogP contribution in [0.5, 0.6) is 5.75 Å². The third kappa shape index (κ3) is 5.89. The third-order valence-electron chi connectivity index (χ3n) is 4.55. The fraction of sp³-hybridized carbons (Fsp3) is 0.318. The Morgan fingerprint density at radius 2 is 1.79 bits per heavy atom.